The van der Waals surface area contributed by atoms with Gasteiger partial charge in [-0.1, -0.05) is 0 Å². The summed E-state index contributed by atoms with van der Waals surface area (Å²) in [6, 6.07) is 8.12. The minimum Gasteiger partial charge on any atom is -0.494 e. The van der Waals surface area contributed by atoms with Gasteiger partial charge in [0, 0.05) is 18.8 Å². The van der Waals surface area contributed by atoms with Crippen LogP contribution in [0.4, 0.5) is 5.69 Å². The number of morpholine rings is 1. The highest BCUT2D eigenvalue weighted by Crippen LogP contribution is 2.20. The molecule has 0 spiro atoms. The van der Waals surface area contributed by atoms with Crippen LogP contribution in [0, 0.1) is 6.92 Å². The molecule has 0 bridgehead atoms. The van der Waals surface area contributed by atoms with E-state index in [1.54, 1.807) is 0 Å². The van der Waals surface area contributed by atoms with Crippen LogP contribution < -0.4 is 9.64 Å². The third kappa shape index (κ3) is 2.63. The second-order valence-electron chi connectivity index (χ2n) is 3.44. The van der Waals surface area contributed by atoms with Gasteiger partial charge in [0.2, 0.25) is 0 Å². The Morgan fingerprint density at radius 1 is 1.20 bits per heavy atom. The van der Waals surface area contributed by atoms with Crippen LogP contribution >= 0.6 is 0 Å². The number of benzene rings is 1. The Morgan fingerprint density at radius 3 is 2.47 bits per heavy atom. The molecule has 1 heterocycles. The van der Waals surface area contributed by atoms with Crippen molar-refractivity contribution in [1.82, 2.24) is 0 Å². The van der Waals surface area contributed by atoms with Gasteiger partial charge in [-0.3, -0.25) is 0 Å². The molecular formula is C12H16NO2. The van der Waals surface area contributed by atoms with Crippen LogP contribution in [0.2, 0.25) is 0 Å². The molecule has 1 aromatic carbocycles. The molecule has 0 amide bonds. The Kier molecular flexibility index (Phi) is 3.45. The molecule has 0 unspecified atom stereocenters. The maximum Gasteiger partial charge on any atom is 0.119 e. The van der Waals surface area contributed by atoms with E-state index in [4.69, 9.17) is 9.47 Å². The second-order valence-corrected chi connectivity index (χ2v) is 3.44. The average Bonchev–Trinajstić information content (AvgIpc) is 2.32. The van der Waals surface area contributed by atoms with E-state index >= 15 is 0 Å². The summed E-state index contributed by atoms with van der Waals surface area (Å²) in [5.74, 6) is 0.877. The molecule has 1 aromatic rings. The SMILES string of the molecule is [CH2]COc1ccc(N2CCOCC2)cc1. The second kappa shape index (κ2) is 5.03. The number of anilines is 1. The molecule has 2 rings (SSSR count). The highest BCUT2D eigenvalue weighted by Gasteiger charge is 2.10. The Balaban J connectivity index is 2.02. The fourth-order valence-corrected chi connectivity index (χ4v) is 1.69. The first-order valence-electron chi connectivity index (χ1n) is 5.25. The van der Waals surface area contributed by atoms with Crippen LogP contribution in [-0.2, 0) is 4.74 Å². The molecule has 1 aliphatic heterocycles. The first kappa shape index (κ1) is 10.3. The van der Waals surface area contributed by atoms with Crippen LogP contribution in [0.25, 0.3) is 0 Å². The predicted molar refractivity (Wildman–Crippen MR) is 60.3 cm³/mol. The lowest BCUT2D eigenvalue weighted by Gasteiger charge is -2.28. The number of hydrogen-bond donors (Lipinski definition) is 0. The van der Waals surface area contributed by atoms with E-state index in [2.05, 4.69) is 24.0 Å². The van der Waals surface area contributed by atoms with Crippen molar-refractivity contribution in [3.05, 3.63) is 31.2 Å². The summed E-state index contributed by atoms with van der Waals surface area (Å²) >= 11 is 0. The molecular weight excluding hydrogens is 190 g/mol. The summed E-state index contributed by atoms with van der Waals surface area (Å²) < 4.78 is 10.6. The minimum absolute atomic E-state index is 0.469. The molecule has 1 aliphatic rings. The van der Waals surface area contributed by atoms with Crippen molar-refractivity contribution in [1.29, 1.82) is 0 Å². The monoisotopic (exact) mass is 206 g/mol. The van der Waals surface area contributed by atoms with E-state index in [0.717, 1.165) is 32.1 Å². The lowest BCUT2D eigenvalue weighted by molar-refractivity contribution is 0.122. The number of rotatable bonds is 3. The number of nitrogens with zero attached hydrogens (tertiary/aromatic N) is 1. The Hall–Kier alpha value is -1.22. The first-order valence-corrected chi connectivity index (χ1v) is 5.25. The van der Waals surface area contributed by atoms with Crippen LogP contribution in [0.15, 0.2) is 24.3 Å². The van der Waals surface area contributed by atoms with Gasteiger partial charge in [0.15, 0.2) is 0 Å². The summed E-state index contributed by atoms with van der Waals surface area (Å²) in [7, 11) is 0. The average molecular weight is 206 g/mol. The standard InChI is InChI=1S/C12H16NO2/c1-2-15-12-5-3-11(4-6-12)13-7-9-14-10-8-13/h3-6H,1-2,7-10H2. The van der Waals surface area contributed by atoms with Gasteiger partial charge in [-0.2, -0.15) is 0 Å². The molecule has 3 heteroatoms. The van der Waals surface area contributed by atoms with Crippen LogP contribution in [0.1, 0.15) is 0 Å². The van der Waals surface area contributed by atoms with Gasteiger partial charge >= 0.3 is 0 Å². The molecule has 81 valence electrons. The van der Waals surface area contributed by atoms with E-state index in [9.17, 15) is 0 Å². The fourth-order valence-electron chi connectivity index (χ4n) is 1.69. The van der Waals surface area contributed by atoms with Crippen molar-refractivity contribution >= 4 is 5.69 Å². The van der Waals surface area contributed by atoms with Gasteiger partial charge in [0.1, 0.15) is 5.75 Å². The van der Waals surface area contributed by atoms with E-state index in [1.807, 2.05) is 12.1 Å². The van der Waals surface area contributed by atoms with E-state index < -0.39 is 0 Å². The lowest BCUT2D eigenvalue weighted by atomic mass is 10.2. The van der Waals surface area contributed by atoms with Gasteiger partial charge < -0.3 is 14.4 Å². The summed E-state index contributed by atoms with van der Waals surface area (Å²) in [4.78, 5) is 2.32. The fraction of sp³-hybridized carbons (Fsp3) is 0.417. The van der Waals surface area contributed by atoms with Crippen molar-refractivity contribution in [2.45, 2.75) is 0 Å². The normalized spacial score (nSPS) is 16.5. The highest BCUT2D eigenvalue weighted by atomic mass is 16.5. The highest BCUT2D eigenvalue weighted by molar-refractivity contribution is 5.49. The molecule has 0 N–H and O–H groups in total. The largest absolute Gasteiger partial charge is 0.494 e. The summed E-state index contributed by atoms with van der Waals surface area (Å²) in [6.07, 6.45) is 0. The molecule has 0 saturated carbocycles. The van der Waals surface area contributed by atoms with Gasteiger partial charge in [-0.05, 0) is 31.2 Å². The van der Waals surface area contributed by atoms with E-state index in [1.165, 1.54) is 5.69 Å². The third-order valence-corrected chi connectivity index (χ3v) is 2.48. The zero-order chi connectivity index (χ0) is 10.5. The first-order chi connectivity index (χ1) is 7.40. The maximum absolute atomic E-state index is 5.31. The van der Waals surface area contributed by atoms with Crippen LogP contribution in [-0.4, -0.2) is 32.9 Å². The summed E-state index contributed by atoms with van der Waals surface area (Å²) in [6.45, 7) is 7.68. The van der Waals surface area contributed by atoms with Gasteiger partial charge in [0.25, 0.3) is 0 Å². The van der Waals surface area contributed by atoms with Crippen molar-refractivity contribution in [3.63, 3.8) is 0 Å². The molecule has 0 aliphatic carbocycles. The smallest absolute Gasteiger partial charge is 0.119 e. The van der Waals surface area contributed by atoms with Crippen molar-refractivity contribution < 1.29 is 9.47 Å². The summed E-state index contributed by atoms with van der Waals surface area (Å²) in [5.41, 5.74) is 1.23. The van der Waals surface area contributed by atoms with Crippen LogP contribution in [0.5, 0.6) is 5.75 Å². The van der Waals surface area contributed by atoms with E-state index in [0.29, 0.717) is 6.61 Å². The molecule has 1 fully saturated rings. The Morgan fingerprint density at radius 2 is 1.87 bits per heavy atom. The van der Waals surface area contributed by atoms with Crippen molar-refractivity contribution in [3.8, 4) is 5.75 Å². The van der Waals surface area contributed by atoms with Crippen molar-refractivity contribution in [2.75, 3.05) is 37.8 Å². The zero-order valence-corrected chi connectivity index (χ0v) is 8.82. The zero-order valence-electron chi connectivity index (χ0n) is 8.82. The van der Waals surface area contributed by atoms with Crippen LogP contribution in [0.3, 0.4) is 0 Å². The van der Waals surface area contributed by atoms with E-state index in [-0.39, 0.29) is 0 Å². The van der Waals surface area contributed by atoms with Gasteiger partial charge in [0.05, 0.1) is 19.8 Å². The Labute approximate surface area is 90.6 Å². The maximum atomic E-state index is 5.31. The molecule has 1 saturated heterocycles. The van der Waals surface area contributed by atoms with Gasteiger partial charge in [-0.25, -0.2) is 0 Å². The molecule has 1 radical (unpaired) electrons. The molecule has 15 heavy (non-hydrogen) atoms. The molecule has 0 aromatic heterocycles. The summed E-state index contributed by atoms with van der Waals surface area (Å²) in [5, 5.41) is 0. The molecule has 0 atom stereocenters. The third-order valence-electron chi connectivity index (χ3n) is 2.48. The minimum atomic E-state index is 0.469. The quantitative estimate of drug-likeness (QED) is 0.752. The Bertz CT molecular complexity index is 291. The number of ether oxygens (including phenoxy) is 2. The predicted octanol–water partition coefficient (Wildman–Crippen LogP) is 1.74. The lowest BCUT2D eigenvalue weighted by Crippen LogP contribution is -2.36. The number of hydrogen-bond acceptors (Lipinski definition) is 3. The van der Waals surface area contributed by atoms with Crippen molar-refractivity contribution in [2.24, 2.45) is 0 Å². The molecule has 3 nitrogen and oxygen atoms in total. The van der Waals surface area contributed by atoms with Gasteiger partial charge in [-0.15, -0.1) is 0 Å². The topological polar surface area (TPSA) is 21.7 Å².